The summed E-state index contributed by atoms with van der Waals surface area (Å²) in [7, 11) is 0. The molecule has 1 aromatic heterocycles. The van der Waals surface area contributed by atoms with Crippen LogP contribution in [0.5, 0.6) is 0 Å². The Morgan fingerprint density at radius 2 is 1.52 bits per heavy atom. The summed E-state index contributed by atoms with van der Waals surface area (Å²) in [6.45, 7) is 3.14. The van der Waals surface area contributed by atoms with Crippen molar-refractivity contribution in [3.63, 3.8) is 0 Å². The molecule has 1 aromatic carbocycles. The number of ketones is 1. The van der Waals surface area contributed by atoms with Gasteiger partial charge in [-0.15, -0.1) is 0 Å². The number of hydrogen-bond donors (Lipinski definition) is 1. The lowest BCUT2D eigenvalue weighted by atomic mass is 10.0. The molecule has 0 saturated carbocycles. The van der Waals surface area contributed by atoms with Crippen molar-refractivity contribution >= 4 is 16.7 Å². The second-order valence-electron chi connectivity index (χ2n) is 4.68. The quantitative estimate of drug-likeness (QED) is 0.608. The highest BCUT2D eigenvalue weighted by Gasteiger charge is 2.47. The maximum absolute atomic E-state index is 12.9. The Labute approximate surface area is 114 Å². The smallest absolute Gasteiger partial charge is 0.350 e. The Kier molecular flexibility index (Phi) is 3.30. The number of aromatic nitrogens is 1. The molecule has 2 rings (SSSR count). The van der Waals surface area contributed by atoms with Crippen molar-refractivity contribution in [1.29, 1.82) is 0 Å². The highest BCUT2D eigenvalue weighted by molar-refractivity contribution is 6.12. The van der Waals surface area contributed by atoms with Crippen LogP contribution >= 0.6 is 0 Å². The molecule has 2 nitrogen and oxygen atoms in total. The maximum Gasteiger partial charge on any atom is 0.454 e. The molecule has 0 atom stereocenters. The third-order valence-electron chi connectivity index (χ3n) is 3.18. The summed E-state index contributed by atoms with van der Waals surface area (Å²) >= 11 is 0. The third-order valence-corrected chi connectivity index (χ3v) is 3.18. The lowest BCUT2D eigenvalue weighted by Crippen LogP contribution is -2.25. The van der Waals surface area contributed by atoms with Gasteiger partial charge in [-0.25, -0.2) is 0 Å². The number of aryl methyl sites for hydroxylation is 2. The number of nitrogens with one attached hydrogen (secondary N) is 1. The first-order chi connectivity index (χ1) is 9.43. The van der Waals surface area contributed by atoms with Gasteiger partial charge in [0.05, 0.1) is 5.56 Å². The minimum Gasteiger partial charge on any atom is -0.350 e. The highest BCUT2D eigenvalue weighted by atomic mass is 19.4. The Bertz CT molecular complexity index is 723. The first-order valence-corrected chi connectivity index (χ1v) is 5.74. The number of aromatic amines is 1. The van der Waals surface area contributed by atoms with Crippen molar-refractivity contribution < 1.29 is 31.1 Å². The lowest BCUT2D eigenvalue weighted by Gasteiger charge is -2.09. The van der Waals surface area contributed by atoms with Crippen LogP contribution in [0.2, 0.25) is 0 Å². The normalized spacial score (nSPS) is 13.0. The molecule has 0 aliphatic carbocycles. The Balaban J connectivity index is 2.87. The molecule has 1 heterocycles. The van der Waals surface area contributed by atoms with Crippen LogP contribution in [-0.4, -0.2) is 16.9 Å². The van der Waals surface area contributed by atoms with Gasteiger partial charge in [-0.3, -0.25) is 4.79 Å². The van der Waals surface area contributed by atoms with E-state index in [2.05, 4.69) is 0 Å². The summed E-state index contributed by atoms with van der Waals surface area (Å²) in [6.07, 6.45) is -10.5. The van der Waals surface area contributed by atoms with Gasteiger partial charge in [0.1, 0.15) is 5.69 Å². The molecular weight excluding hydrogens is 300 g/mol. The van der Waals surface area contributed by atoms with Crippen LogP contribution in [0.3, 0.4) is 0 Å². The van der Waals surface area contributed by atoms with Crippen molar-refractivity contribution in [3.8, 4) is 0 Å². The molecule has 0 saturated heterocycles. The van der Waals surface area contributed by atoms with Crippen molar-refractivity contribution in [1.82, 2.24) is 4.98 Å². The number of rotatable bonds is 1. The molecule has 1 N–H and O–H groups in total. The zero-order valence-corrected chi connectivity index (χ0v) is 10.8. The van der Waals surface area contributed by atoms with E-state index in [-0.39, 0.29) is 10.9 Å². The number of carbonyl (C=O) groups excluding carboxylic acids is 1. The zero-order chi connectivity index (χ0) is 16.2. The summed E-state index contributed by atoms with van der Waals surface area (Å²) in [4.78, 5) is 13.2. The number of fused-ring (bicyclic) bond motifs is 1. The second-order valence-corrected chi connectivity index (χ2v) is 4.68. The molecule has 0 spiro atoms. The fraction of sp³-hybridized carbons (Fsp3) is 0.308. The standard InChI is InChI=1S/C13H9F6NO/c1-5-3-7-8(4-6(5)2)20-10(12(14,15)16)9(7)11(21)13(17,18)19/h3-4,20H,1-2H3. The first-order valence-electron chi connectivity index (χ1n) is 5.74. The van der Waals surface area contributed by atoms with Gasteiger partial charge in [-0.2, -0.15) is 26.3 Å². The minimum atomic E-state index is -5.38. The molecule has 0 amide bonds. The molecule has 114 valence electrons. The van der Waals surface area contributed by atoms with Gasteiger partial charge >= 0.3 is 12.4 Å². The predicted octanol–water partition coefficient (Wildman–Crippen LogP) is 4.55. The van der Waals surface area contributed by atoms with E-state index in [4.69, 9.17) is 0 Å². The molecule has 0 fully saturated rings. The molecule has 2 aromatic rings. The molecular formula is C13H9F6NO. The van der Waals surface area contributed by atoms with Crippen LogP contribution in [0.4, 0.5) is 26.3 Å². The summed E-state index contributed by atoms with van der Waals surface area (Å²) in [6, 6.07) is 2.43. The lowest BCUT2D eigenvalue weighted by molar-refractivity contribution is -0.141. The van der Waals surface area contributed by atoms with E-state index < -0.39 is 29.4 Å². The SMILES string of the molecule is Cc1cc2[nH]c(C(F)(F)F)c(C(=O)C(F)(F)F)c2cc1C. The van der Waals surface area contributed by atoms with Crippen LogP contribution < -0.4 is 0 Å². The number of carbonyl (C=O) groups is 1. The molecule has 21 heavy (non-hydrogen) atoms. The average molecular weight is 309 g/mol. The van der Waals surface area contributed by atoms with Crippen molar-refractivity contribution in [2.75, 3.05) is 0 Å². The number of hydrogen-bond acceptors (Lipinski definition) is 1. The molecule has 0 unspecified atom stereocenters. The maximum atomic E-state index is 12.9. The van der Waals surface area contributed by atoms with E-state index in [1.54, 1.807) is 6.92 Å². The highest BCUT2D eigenvalue weighted by Crippen LogP contribution is 2.39. The Morgan fingerprint density at radius 1 is 1.00 bits per heavy atom. The van der Waals surface area contributed by atoms with Crippen LogP contribution in [0.1, 0.15) is 27.2 Å². The Hall–Kier alpha value is -1.99. The number of halogens is 6. The van der Waals surface area contributed by atoms with E-state index in [0.717, 1.165) is 6.07 Å². The fourth-order valence-electron chi connectivity index (χ4n) is 2.05. The van der Waals surface area contributed by atoms with Crippen LogP contribution in [-0.2, 0) is 6.18 Å². The van der Waals surface area contributed by atoms with E-state index in [1.807, 2.05) is 4.98 Å². The van der Waals surface area contributed by atoms with E-state index in [1.165, 1.54) is 13.0 Å². The molecule has 0 aliphatic heterocycles. The van der Waals surface area contributed by atoms with Gasteiger partial charge in [0.15, 0.2) is 0 Å². The van der Waals surface area contributed by atoms with E-state index >= 15 is 0 Å². The summed E-state index contributed by atoms with van der Waals surface area (Å²) in [5.41, 5.74) is -2.12. The fourth-order valence-corrected chi connectivity index (χ4v) is 2.05. The van der Waals surface area contributed by atoms with Gasteiger partial charge in [0.2, 0.25) is 0 Å². The Morgan fingerprint density at radius 3 is 2.00 bits per heavy atom. The number of alkyl halides is 6. The topological polar surface area (TPSA) is 32.9 Å². The van der Waals surface area contributed by atoms with Gasteiger partial charge in [0.25, 0.3) is 5.78 Å². The molecule has 0 aliphatic rings. The van der Waals surface area contributed by atoms with Crippen LogP contribution in [0.15, 0.2) is 12.1 Å². The number of Topliss-reactive ketones (excluding diaryl/α,β-unsaturated/α-hetero) is 1. The zero-order valence-electron chi connectivity index (χ0n) is 10.8. The molecule has 0 radical (unpaired) electrons. The van der Waals surface area contributed by atoms with Gasteiger partial charge in [-0.1, -0.05) is 0 Å². The molecule has 8 heteroatoms. The second kappa shape index (κ2) is 4.51. The summed E-state index contributed by atoms with van der Waals surface area (Å²) in [5, 5.41) is -0.382. The summed E-state index contributed by atoms with van der Waals surface area (Å²) in [5.74, 6) is -2.51. The first kappa shape index (κ1) is 15.4. The molecule has 0 bridgehead atoms. The third kappa shape index (κ3) is 2.62. The number of H-pyrrole nitrogens is 1. The van der Waals surface area contributed by atoms with E-state index in [0.29, 0.717) is 11.1 Å². The minimum absolute atomic E-state index is 0.155. The summed E-state index contributed by atoms with van der Waals surface area (Å²) < 4.78 is 76.3. The monoisotopic (exact) mass is 309 g/mol. The number of benzene rings is 1. The van der Waals surface area contributed by atoms with E-state index in [9.17, 15) is 31.1 Å². The van der Waals surface area contributed by atoms with Crippen LogP contribution in [0, 0.1) is 13.8 Å². The van der Waals surface area contributed by atoms with Crippen LogP contribution in [0.25, 0.3) is 10.9 Å². The predicted molar refractivity (Wildman–Crippen MR) is 63.2 cm³/mol. The van der Waals surface area contributed by atoms with Gasteiger partial charge in [0, 0.05) is 10.9 Å². The van der Waals surface area contributed by atoms with Gasteiger partial charge in [-0.05, 0) is 37.1 Å². The van der Waals surface area contributed by atoms with Gasteiger partial charge < -0.3 is 4.98 Å². The largest absolute Gasteiger partial charge is 0.454 e. The van der Waals surface area contributed by atoms with Crippen molar-refractivity contribution in [3.05, 3.63) is 34.5 Å². The average Bonchev–Trinajstić information content (AvgIpc) is 2.65. The van der Waals surface area contributed by atoms with Crippen molar-refractivity contribution in [2.45, 2.75) is 26.2 Å². The van der Waals surface area contributed by atoms with Crippen molar-refractivity contribution in [2.24, 2.45) is 0 Å².